The molecule has 0 saturated carbocycles. The van der Waals surface area contributed by atoms with Crippen LogP contribution in [0.2, 0.25) is 4.34 Å². The summed E-state index contributed by atoms with van der Waals surface area (Å²) >= 11 is 6.79. The molecular weight excluding hydrogens is 462 g/mol. The van der Waals surface area contributed by atoms with Crippen molar-refractivity contribution in [3.05, 3.63) is 75.1 Å². The number of amides is 1. The van der Waals surface area contributed by atoms with Crippen LogP contribution in [0.1, 0.15) is 10.4 Å². The van der Waals surface area contributed by atoms with Gasteiger partial charge in [-0.15, -0.1) is 11.3 Å². The molecule has 0 atom stereocenters. The standard InChI is InChI=1S/C20H16ClN3O5S2/c1-24-17(18(25)19-13(31(24,27)28)10-14(21)30-19)20(26)23-15-8-5-9-16(22-15)29-11-12-6-3-2-4-7-12/h2-10,25H,11H2,1H3,(H,22,23,26). The van der Waals surface area contributed by atoms with Gasteiger partial charge in [-0.25, -0.2) is 8.42 Å². The maximum atomic E-state index is 12.8. The summed E-state index contributed by atoms with van der Waals surface area (Å²) in [5, 5.41) is 13.1. The van der Waals surface area contributed by atoms with Gasteiger partial charge in [-0.05, 0) is 17.7 Å². The number of carbonyl (C=O) groups is 1. The first kappa shape index (κ1) is 21.2. The van der Waals surface area contributed by atoms with E-state index < -0.39 is 27.4 Å². The molecule has 3 heterocycles. The number of aromatic nitrogens is 1. The van der Waals surface area contributed by atoms with Crippen molar-refractivity contribution in [1.82, 2.24) is 9.29 Å². The second-order valence-corrected chi connectivity index (χ2v) is 10.1. The Morgan fingerprint density at radius 3 is 2.71 bits per heavy atom. The minimum Gasteiger partial charge on any atom is -0.504 e. The lowest BCUT2D eigenvalue weighted by Gasteiger charge is -2.26. The number of fused-ring (bicyclic) bond motifs is 1. The molecule has 0 spiro atoms. The van der Waals surface area contributed by atoms with Gasteiger partial charge < -0.3 is 15.2 Å². The second kappa shape index (κ2) is 8.22. The Morgan fingerprint density at radius 1 is 1.23 bits per heavy atom. The Kier molecular flexibility index (Phi) is 5.61. The van der Waals surface area contributed by atoms with Crippen molar-refractivity contribution in [2.75, 3.05) is 12.4 Å². The fraction of sp³-hybridized carbons (Fsp3) is 0.100. The Balaban J connectivity index is 1.57. The summed E-state index contributed by atoms with van der Waals surface area (Å²) < 4.78 is 32.0. The molecule has 0 unspecified atom stereocenters. The van der Waals surface area contributed by atoms with Crippen molar-refractivity contribution in [1.29, 1.82) is 0 Å². The molecular formula is C20H16ClN3O5S2. The first-order chi connectivity index (χ1) is 14.8. The van der Waals surface area contributed by atoms with Gasteiger partial charge in [-0.3, -0.25) is 9.10 Å². The number of aliphatic hydroxyl groups excluding tert-OH is 1. The van der Waals surface area contributed by atoms with Crippen molar-refractivity contribution < 1.29 is 23.1 Å². The SMILES string of the molecule is CN1C(C(=O)Nc2cccc(OCc3ccccc3)n2)=C(O)c2sc(Cl)cc2S1(=O)=O. The normalized spacial score (nSPS) is 14.8. The number of halogens is 1. The Labute approximate surface area is 187 Å². The van der Waals surface area contributed by atoms with E-state index in [1.54, 1.807) is 12.1 Å². The number of nitrogens with zero attached hydrogens (tertiary/aromatic N) is 2. The van der Waals surface area contributed by atoms with E-state index in [1.165, 1.54) is 19.2 Å². The molecule has 1 aliphatic heterocycles. The highest BCUT2D eigenvalue weighted by Gasteiger charge is 2.39. The predicted octanol–water partition coefficient (Wildman–Crippen LogP) is 3.87. The van der Waals surface area contributed by atoms with Gasteiger partial charge in [0.25, 0.3) is 15.9 Å². The van der Waals surface area contributed by atoms with E-state index in [0.717, 1.165) is 21.2 Å². The number of aliphatic hydroxyl groups is 1. The smallest absolute Gasteiger partial charge is 0.278 e. The van der Waals surface area contributed by atoms with Gasteiger partial charge in [0.1, 0.15) is 17.3 Å². The summed E-state index contributed by atoms with van der Waals surface area (Å²) in [6.07, 6.45) is 0. The van der Waals surface area contributed by atoms with Crippen LogP contribution in [0.5, 0.6) is 5.88 Å². The van der Waals surface area contributed by atoms with Crippen LogP contribution in [0.4, 0.5) is 5.82 Å². The first-order valence-corrected chi connectivity index (χ1v) is 11.6. The minimum atomic E-state index is -4.03. The lowest BCUT2D eigenvalue weighted by Crippen LogP contribution is -2.36. The van der Waals surface area contributed by atoms with Gasteiger partial charge in [0.2, 0.25) is 5.88 Å². The van der Waals surface area contributed by atoms with E-state index in [4.69, 9.17) is 16.3 Å². The van der Waals surface area contributed by atoms with Crippen molar-refractivity contribution in [2.24, 2.45) is 0 Å². The van der Waals surface area contributed by atoms with Crippen LogP contribution in [0.25, 0.3) is 5.76 Å². The third-order valence-corrected chi connectivity index (χ3v) is 7.65. The highest BCUT2D eigenvalue weighted by Crippen LogP contribution is 2.41. The predicted molar refractivity (Wildman–Crippen MR) is 117 cm³/mol. The number of carbonyl (C=O) groups excluding carboxylic acids is 1. The number of likely N-dealkylation sites (N-methyl/N-ethyl adjacent to an activating group) is 1. The maximum Gasteiger partial charge on any atom is 0.278 e. The number of pyridine rings is 1. The Bertz CT molecular complexity index is 1290. The summed E-state index contributed by atoms with van der Waals surface area (Å²) in [5.74, 6) is -0.905. The zero-order valence-electron chi connectivity index (χ0n) is 16.1. The molecule has 8 nitrogen and oxygen atoms in total. The van der Waals surface area contributed by atoms with E-state index in [9.17, 15) is 18.3 Å². The molecule has 0 fully saturated rings. The second-order valence-electron chi connectivity index (χ2n) is 6.50. The maximum absolute atomic E-state index is 12.8. The average molecular weight is 478 g/mol. The van der Waals surface area contributed by atoms with Crippen LogP contribution in [-0.2, 0) is 21.4 Å². The van der Waals surface area contributed by atoms with Crippen molar-refractivity contribution in [2.45, 2.75) is 11.5 Å². The number of rotatable bonds is 5. The molecule has 0 aliphatic carbocycles. The molecule has 0 radical (unpaired) electrons. The van der Waals surface area contributed by atoms with Crippen LogP contribution in [0.15, 0.2) is 65.2 Å². The summed E-state index contributed by atoms with van der Waals surface area (Å²) in [4.78, 5) is 16.9. The number of sulfonamides is 1. The van der Waals surface area contributed by atoms with Crippen molar-refractivity contribution in [3.8, 4) is 5.88 Å². The molecule has 1 aliphatic rings. The number of ether oxygens (including phenoxy) is 1. The molecule has 31 heavy (non-hydrogen) atoms. The third kappa shape index (κ3) is 4.09. The molecule has 1 amide bonds. The van der Waals surface area contributed by atoms with Crippen LogP contribution >= 0.6 is 22.9 Å². The Morgan fingerprint density at radius 2 is 1.97 bits per heavy atom. The molecule has 11 heteroatoms. The summed E-state index contributed by atoms with van der Waals surface area (Å²) in [5.41, 5.74) is 0.525. The highest BCUT2D eigenvalue weighted by atomic mass is 35.5. The fourth-order valence-electron chi connectivity index (χ4n) is 2.95. The quantitative estimate of drug-likeness (QED) is 0.577. The van der Waals surface area contributed by atoms with Crippen molar-refractivity contribution >= 4 is 50.4 Å². The van der Waals surface area contributed by atoms with Crippen LogP contribution in [0.3, 0.4) is 0 Å². The zero-order valence-corrected chi connectivity index (χ0v) is 18.5. The van der Waals surface area contributed by atoms with E-state index in [1.807, 2.05) is 30.3 Å². The average Bonchev–Trinajstić information content (AvgIpc) is 3.15. The number of hydrogen-bond donors (Lipinski definition) is 2. The number of benzene rings is 1. The Hall–Kier alpha value is -3.08. The third-order valence-electron chi connectivity index (χ3n) is 4.47. The molecule has 0 bridgehead atoms. The van der Waals surface area contributed by atoms with Gasteiger partial charge in [0.05, 0.1) is 9.21 Å². The van der Waals surface area contributed by atoms with E-state index in [0.29, 0.717) is 6.61 Å². The van der Waals surface area contributed by atoms with Gasteiger partial charge in [0.15, 0.2) is 11.5 Å². The van der Waals surface area contributed by atoms with E-state index in [2.05, 4.69) is 10.3 Å². The molecule has 1 aromatic carbocycles. The number of thiophene rings is 1. The van der Waals surface area contributed by atoms with E-state index >= 15 is 0 Å². The highest BCUT2D eigenvalue weighted by molar-refractivity contribution is 7.89. The van der Waals surface area contributed by atoms with Crippen LogP contribution < -0.4 is 10.1 Å². The van der Waals surface area contributed by atoms with Crippen LogP contribution in [-0.4, -0.2) is 35.8 Å². The zero-order chi connectivity index (χ0) is 22.2. The molecule has 160 valence electrons. The van der Waals surface area contributed by atoms with Gasteiger partial charge >= 0.3 is 0 Å². The lowest BCUT2D eigenvalue weighted by molar-refractivity contribution is -0.113. The number of nitrogens with one attached hydrogen (secondary N) is 1. The van der Waals surface area contributed by atoms with E-state index in [-0.39, 0.29) is 25.8 Å². The summed E-state index contributed by atoms with van der Waals surface area (Å²) in [6.45, 7) is 0.292. The van der Waals surface area contributed by atoms with Crippen LogP contribution in [0, 0.1) is 0 Å². The van der Waals surface area contributed by atoms with Gasteiger partial charge in [0, 0.05) is 13.1 Å². The van der Waals surface area contributed by atoms with Gasteiger partial charge in [-0.2, -0.15) is 4.98 Å². The largest absolute Gasteiger partial charge is 0.504 e. The fourth-order valence-corrected chi connectivity index (χ4v) is 5.90. The molecule has 0 saturated heterocycles. The first-order valence-electron chi connectivity index (χ1n) is 8.94. The minimum absolute atomic E-state index is 0.0150. The summed E-state index contributed by atoms with van der Waals surface area (Å²) in [7, 11) is -2.85. The van der Waals surface area contributed by atoms with Crippen molar-refractivity contribution in [3.63, 3.8) is 0 Å². The monoisotopic (exact) mass is 477 g/mol. The lowest BCUT2D eigenvalue weighted by atomic mass is 10.2. The molecule has 2 N–H and O–H groups in total. The number of anilines is 1. The molecule has 3 aromatic rings. The topological polar surface area (TPSA) is 109 Å². The number of hydrogen-bond acceptors (Lipinski definition) is 7. The van der Waals surface area contributed by atoms with Gasteiger partial charge in [-0.1, -0.05) is 48.0 Å². The molecule has 4 rings (SSSR count). The molecule has 2 aromatic heterocycles. The summed E-state index contributed by atoms with van der Waals surface area (Å²) in [6, 6.07) is 15.5.